The third kappa shape index (κ3) is 1.77. The average molecular weight is 202 g/mol. The first-order chi connectivity index (χ1) is 7.07. The van der Waals surface area contributed by atoms with Crippen molar-refractivity contribution in [2.24, 2.45) is 9.98 Å². The molecule has 0 aromatic heterocycles. The van der Waals surface area contributed by atoms with E-state index in [-0.39, 0.29) is 0 Å². The molecule has 1 aliphatic rings. The van der Waals surface area contributed by atoms with Gasteiger partial charge in [-0.2, -0.15) is 9.98 Å². The fourth-order valence-electron chi connectivity index (χ4n) is 1.35. The summed E-state index contributed by atoms with van der Waals surface area (Å²) in [7, 11) is 0. The molecule has 1 aliphatic carbocycles. The monoisotopic (exact) mass is 202 g/mol. The first-order valence-corrected chi connectivity index (χ1v) is 4.32. The van der Waals surface area contributed by atoms with Crippen molar-refractivity contribution in [3.63, 3.8) is 0 Å². The van der Waals surface area contributed by atoms with E-state index in [1.165, 1.54) is 18.2 Å². The topological polar surface area (TPSA) is 58.9 Å². The van der Waals surface area contributed by atoms with Gasteiger partial charge in [-0.05, 0) is 31.1 Å². The maximum absolute atomic E-state index is 10.3. The van der Waals surface area contributed by atoms with E-state index >= 15 is 0 Å². The molecule has 0 amide bonds. The van der Waals surface area contributed by atoms with Gasteiger partial charge >= 0.3 is 0 Å². The second-order valence-electron chi connectivity index (χ2n) is 3.25. The van der Waals surface area contributed by atoms with Crippen LogP contribution in [0.25, 0.3) is 0 Å². The van der Waals surface area contributed by atoms with Crippen LogP contribution in [0.2, 0.25) is 0 Å². The van der Waals surface area contributed by atoms with E-state index in [2.05, 4.69) is 16.6 Å². The maximum Gasteiger partial charge on any atom is 0.238 e. The van der Waals surface area contributed by atoms with Crippen LogP contribution in [0, 0.1) is 0 Å². The molecule has 0 radical (unpaired) electrons. The maximum atomic E-state index is 10.3. The van der Waals surface area contributed by atoms with Gasteiger partial charge in [-0.15, -0.1) is 0 Å². The molecule has 0 aliphatic heterocycles. The Hall–Kier alpha value is -2.02. The quantitative estimate of drug-likeness (QED) is 0.506. The minimum Gasteiger partial charge on any atom is -0.211 e. The van der Waals surface area contributed by atoms with Crippen molar-refractivity contribution in [1.29, 1.82) is 0 Å². The van der Waals surface area contributed by atoms with Crippen LogP contribution in [0.15, 0.2) is 45.4 Å². The van der Waals surface area contributed by atoms with Gasteiger partial charge in [0.15, 0.2) is 0 Å². The van der Waals surface area contributed by atoms with Crippen molar-refractivity contribution in [3.8, 4) is 0 Å². The highest BCUT2D eigenvalue weighted by Gasteiger charge is 2.33. The number of carbonyl (C=O) groups excluding carboxylic acids is 2. The number of hydrogen-bond donors (Lipinski definition) is 0. The molecule has 0 aromatic carbocycles. The fraction of sp³-hybridized carbons (Fsp3) is 0.273. The van der Waals surface area contributed by atoms with Gasteiger partial charge < -0.3 is 0 Å². The molecule has 76 valence electrons. The lowest BCUT2D eigenvalue weighted by Crippen LogP contribution is -2.26. The molecule has 0 saturated carbocycles. The molecule has 4 nitrogen and oxygen atoms in total. The lowest BCUT2D eigenvalue weighted by molar-refractivity contribution is 0.540. The molecule has 0 aromatic rings. The van der Waals surface area contributed by atoms with Crippen LogP contribution in [0.1, 0.15) is 13.8 Å². The first-order valence-electron chi connectivity index (χ1n) is 4.32. The standard InChI is InChI=1S/C11H10N2O2/c1-8-4-5-11(12-6-14,13-7-15)10(3)9(8)2/h4-5H,3H2,1-2H3. The van der Waals surface area contributed by atoms with Gasteiger partial charge in [0.25, 0.3) is 0 Å². The molecule has 0 fully saturated rings. The second kappa shape index (κ2) is 4.01. The number of hydrogen-bond acceptors (Lipinski definition) is 4. The van der Waals surface area contributed by atoms with Gasteiger partial charge in [-0.25, -0.2) is 9.59 Å². The number of rotatable bonds is 2. The Morgan fingerprint density at radius 3 is 2.27 bits per heavy atom. The molecular weight excluding hydrogens is 192 g/mol. The van der Waals surface area contributed by atoms with Crippen LogP contribution in [-0.2, 0) is 9.59 Å². The minimum atomic E-state index is -1.34. The van der Waals surface area contributed by atoms with Gasteiger partial charge in [0.05, 0.1) is 0 Å². The van der Waals surface area contributed by atoms with Crippen LogP contribution in [-0.4, -0.2) is 17.8 Å². The molecule has 0 bridgehead atoms. The fourth-order valence-corrected chi connectivity index (χ4v) is 1.35. The molecule has 4 heteroatoms. The average Bonchev–Trinajstić information content (AvgIpc) is 2.22. The highest BCUT2D eigenvalue weighted by atomic mass is 16.1. The summed E-state index contributed by atoms with van der Waals surface area (Å²) in [4.78, 5) is 27.7. The normalized spacial score (nSPS) is 24.5. The van der Waals surface area contributed by atoms with E-state index in [4.69, 9.17) is 0 Å². The molecule has 0 spiro atoms. The first kappa shape index (κ1) is 11.1. The Bertz CT molecular complexity index is 441. The van der Waals surface area contributed by atoms with Gasteiger partial charge in [0.1, 0.15) is 0 Å². The van der Waals surface area contributed by atoms with Crippen LogP contribution >= 0.6 is 0 Å². The molecule has 1 rings (SSSR count). The van der Waals surface area contributed by atoms with Crippen LogP contribution in [0.5, 0.6) is 0 Å². The smallest absolute Gasteiger partial charge is 0.211 e. The van der Waals surface area contributed by atoms with Crippen LogP contribution in [0.3, 0.4) is 0 Å². The Morgan fingerprint density at radius 1 is 1.27 bits per heavy atom. The molecule has 0 N–H and O–H groups in total. The lowest BCUT2D eigenvalue weighted by Gasteiger charge is -2.26. The summed E-state index contributed by atoms with van der Waals surface area (Å²) < 4.78 is 0. The van der Waals surface area contributed by atoms with Gasteiger partial charge in [-0.3, -0.25) is 0 Å². The van der Waals surface area contributed by atoms with Crippen molar-refractivity contribution < 1.29 is 9.59 Å². The second-order valence-corrected chi connectivity index (χ2v) is 3.25. The highest BCUT2D eigenvalue weighted by molar-refractivity contribution is 5.56. The summed E-state index contributed by atoms with van der Waals surface area (Å²) >= 11 is 0. The van der Waals surface area contributed by atoms with Crippen molar-refractivity contribution in [1.82, 2.24) is 0 Å². The van der Waals surface area contributed by atoms with E-state index in [9.17, 15) is 9.59 Å². The Balaban J connectivity index is 3.39. The van der Waals surface area contributed by atoms with Gasteiger partial charge in [-0.1, -0.05) is 12.7 Å². The summed E-state index contributed by atoms with van der Waals surface area (Å²) in [6, 6.07) is 0. The summed E-state index contributed by atoms with van der Waals surface area (Å²) in [5.41, 5.74) is 1.01. The zero-order chi connectivity index (χ0) is 11.5. The van der Waals surface area contributed by atoms with Crippen molar-refractivity contribution in [2.45, 2.75) is 19.5 Å². The van der Waals surface area contributed by atoms with Gasteiger partial charge in [0, 0.05) is 5.57 Å². The summed E-state index contributed by atoms with van der Waals surface area (Å²) in [6.07, 6.45) is 6.07. The molecule has 0 saturated heterocycles. The van der Waals surface area contributed by atoms with E-state index in [0.29, 0.717) is 5.57 Å². The van der Waals surface area contributed by atoms with Gasteiger partial charge in [0.2, 0.25) is 17.8 Å². The highest BCUT2D eigenvalue weighted by Crippen LogP contribution is 2.34. The summed E-state index contributed by atoms with van der Waals surface area (Å²) in [5.74, 6) is 0. The number of isocyanates is 2. The predicted octanol–water partition coefficient (Wildman–Crippen LogP) is 1.82. The number of nitrogens with zero attached hydrogens (tertiary/aromatic N) is 2. The molecular formula is C11H10N2O2. The molecule has 15 heavy (non-hydrogen) atoms. The molecule has 0 heterocycles. The molecule has 0 atom stereocenters. The number of allylic oxidation sites excluding steroid dienone is 2. The zero-order valence-electron chi connectivity index (χ0n) is 8.57. The largest absolute Gasteiger partial charge is 0.238 e. The van der Waals surface area contributed by atoms with E-state index in [1.54, 1.807) is 6.08 Å². The Labute approximate surface area is 87.4 Å². The van der Waals surface area contributed by atoms with Crippen molar-refractivity contribution in [2.75, 3.05) is 0 Å². The zero-order valence-corrected chi connectivity index (χ0v) is 8.57. The van der Waals surface area contributed by atoms with Crippen LogP contribution in [0.4, 0.5) is 0 Å². The lowest BCUT2D eigenvalue weighted by atomic mass is 9.87. The van der Waals surface area contributed by atoms with Crippen molar-refractivity contribution >= 4 is 12.2 Å². The SMILES string of the molecule is C=C1C(C)=C(C)C=CC1(N=C=O)N=C=O. The van der Waals surface area contributed by atoms with E-state index in [0.717, 1.165) is 11.1 Å². The van der Waals surface area contributed by atoms with E-state index in [1.807, 2.05) is 13.8 Å². The van der Waals surface area contributed by atoms with Crippen molar-refractivity contribution in [3.05, 3.63) is 35.5 Å². The third-order valence-corrected chi connectivity index (χ3v) is 2.49. The Morgan fingerprint density at radius 2 is 1.80 bits per heavy atom. The van der Waals surface area contributed by atoms with E-state index < -0.39 is 5.66 Å². The summed E-state index contributed by atoms with van der Waals surface area (Å²) in [6.45, 7) is 7.51. The predicted molar refractivity (Wildman–Crippen MR) is 55.6 cm³/mol. The van der Waals surface area contributed by atoms with Crippen LogP contribution < -0.4 is 0 Å². The minimum absolute atomic E-state index is 0.495. The molecule has 0 unspecified atom stereocenters. The third-order valence-electron chi connectivity index (χ3n) is 2.49. The number of aliphatic imine (C=N–C) groups is 2. The summed E-state index contributed by atoms with van der Waals surface area (Å²) in [5, 5.41) is 0. The Kier molecular flexibility index (Phi) is 2.96.